The standard InChI is InChI=1S/C13H18N2O/c1-3-8-15(12-5-6-12)13-7-4-11(9-14-13)10(2)16/h4,7,9,12H,3,5-6,8H2,1-2H3. The molecule has 1 saturated carbocycles. The monoisotopic (exact) mass is 218 g/mol. The molecule has 1 aromatic heterocycles. The Labute approximate surface area is 96.5 Å². The predicted molar refractivity (Wildman–Crippen MR) is 64.9 cm³/mol. The molecule has 1 aliphatic carbocycles. The first-order chi connectivity index (χ1) is 7.72. The van der Waals surface area contributed by atoms with Crippen LogP contribution in [0.15, 0.2) is 18.3 Å². The lowest BCUT2D eigenvalue weighted by Crippen LogP contribution is -2.27. The maximum Gasteiger partial charge on any atom is 0.161 e. The lowest BCUT2D eigenvalue weighted by Gasteiger charge is -2.22. The molecular weight excluding hydrogens is 200 g/mol. The van der Waals surface area contributed by atoms with Crippen LogP contribution in [0.1, 0.15) is 43.5 Å². The second kappa shape index (κ2) is 4.64. The van der Waals surface area contributed by atoms with E-state index in [0.717, 1.165) is 18.8 Å². The molecule has 0 spiro atoms. The molecule has 3 heteroatoms. The van der Waals surface area contributed by atoms with Crippen molar-refractivity contribution in [3.8, 4) is 0 Å². The molecule has 1 heterocycles. The zero-order valence-corrected chi connectivity index (χ0v) is 9.94. The summed E-state index contributed by atoms with van der Waals surface area (Å²) in [6.07, 6.45) is 5.36. The van der Waals surface area contributed by atoms with E-state index in [0.29, 0.717) is 11.6 Å². The van der Waals surface area contributed by atoms with Gasteiger partial charge >= 0.3 is 0 Å². The smallest absolute Gasteiger partial charge is 0.161 e. The number of hydrogen-bond acceptors (Lipinski definition) is 3. The fourth-order valence-electron chi connectivity index (χ4n) is 1.88. The Morgan fingerprint density at radius 2 is 2.25 bits per heavy atom. The zero-order valence-electron chi connectivity index (χ0n) is 9.94. The highest BCUT2D eigenvalue weighted by molar-refractivity contribution is 5.93. The second-order valence-electron chi connectivity index (χ2n) is 4.39. The molecule has 0 N–H and O–H groups in total. The van der Waals surface area contributed by atoms with Crippen molar-refractivity contribution in [1.29, 1.82) is 0 Å². The molecular formula is C13H18N2O. The van der Waals surface area contributed by atoms with E-state index in [1.807, 2.05) is 12.1 Å². The van der Waals surface area contributed by atoms with Crippen LogP contribution in [0.25, 0.3) is 0 Å². The first-order valence-corrected chi connectivity index (χ1v) is 5.96. The highest BCUT2D eigenvalue weighted by atomic mass is 16.1. The Morgan fingerprint density at radius 3 is 2.69 bits per heavy atom. The van der Waals surface area contributed by atoms with Crippen molar-refractivity contribution < 1.29 is 4.79 Å². The van der Waals surface area contributed by atoms with Gasteiger partial charge in [-0.25, -0.2) is 4.98 Å². The van der Waals surface area contributed by atoms with E-state index in [1.54, 1.807) is 13.1 Å². The molecule has 0 aliphatic heterocycles. The largest absolute Gasteiger partial charge is 0.354 e. The van der Waals surface area contributed by atoms with Crippen molar-refractivity contribution in [2.75, 3.05) is 11.4 Å². The Bertz CT molecular complexity index is 368. The lowest BCUT2D eigenvalue weighted by molar-refractivity contribution is 0.101. The maximum absolute atomic E-state index is 11.1. The summed E-state index contributed by atoms with van der Waals surface area (Å²) in [5, 5.41) is 0. The van der Waals surface area contributed by atoms with Gasteiger partial charge in [0.15, 0.2) is 5.78 Å². The summed E-state index contributed by atoms with van der Waals surface area (Å²) >= 11 is 0. The summed E-state index contributed by atoms with van der Waals surface area (Å²) in [5.41, 5.74) is 0.691. The average Bonchev–Trinajstić information content (AvgIpc) is 3.10. The van der Waals surface area contributed by atoms with Crippen LogP contribution in [0.3, 0.4) is 0 Å². The number of rotatable bonds is 5. The predicted octanol–water partition coefficient (Wildman–Crippen LogP) is 2.66. The zero-order chi connectivity index (χ0) is 11.5. The van der Waals surface area contributed by atoms with Gasteiger partial charge in [0.05, 0.1) is 0 Å². The molecule has 0 amide bonds. The van der Waals surface area contributed by atoms with Crippen molar-refractivity contribution in [2.45, 2.75) is 39.2 Å². The van der Waals surface area contributed by atoms with E-state index in [-0.39, 0.29) is 5.78 Å². The minimum absolute atomic E-state index is 0.0764. The molecule has 0 aromatic carbocycles. The van der Waals surface area contributed by atoms with Crippen molar-refractivity contribution in [1.82, 2.24) is 4.98 Å². The van der Waals surface area contributed by atoms with E-state index < -0.39 is 0 Å². The molecule has 1 aliphatic rings. The molecule has 1 fully saturated rings. The van der Waals surface area contributed by atoms with Gasteiger partial charge in [-0.15, -0.1) is 0 Å². The summed E-state index contributed by atoms with van der Waals surface area (Å²) in [6.45, 7) is 4.80. The lowest BCUT2D eigenvalue weighted by atomic mass is 10.2. The minimum atomic E-state index is 0.0764. The SMILES string of the molecule is CCCN(c1ccc(C(C)=O)cn1)C1CC1. The van der Waals surface area contributed by atoms with Crippen molar-refractivity contribution in [3.63, 3.8) is 0 Å². The third kappa shape index (κ3) is 2.40. The van der Waals surface area contributed by atoms with Gasteiger partial charge in [-0.1, -0.05) is 6.92 Å². The maximum atomic E-state index is 11.1. The van der Waals surface area contributed by atoms with Crippen LogP contribution in [0, 0.1) is 0 Å². The number of nitrogens with zero attached hydrogens (tertiary/aromatic N) is 2. The van der Waals surface area contributed by atoms with E-state index >= 15 is 0 Å². The van der Waals surface area contributed by atoms with Gasteiger partial charge in [0, 0.05) is 24.3 Å². The summed E-state index contributed by atoms with van der Waals surface area (Å²) in [6, 6.07) is 4.51. The van der Waals surface area contributed by atoms with Gasteiger partial charge in [0.1, 0.15) is 5.82 Å². The Balaban J connectivity index is 2.14. The van der Waals surface area contributed by atoms with E-state index in [9.17, 15) is 4.79 Å². The van der Waals surface area contributed by atoms with Crippen molar-refractivity contribution in [2.24, 2.45) is 0 Å². The first kappa shape index (κ1) is 11.1. The topological polar surface area (TPSA) is 33.2 Å². The quantitative estimate of drug-likeness (QED) is 0.712. The molecule has 16 heavy (non-hydrogen) atoms. The Kier molecular flexibility index (Phi) is 3.22. The molecule has 0 atom stereocenters. The van der Waals surface area contributed by atoms with Crippen LogP contribution in [0.4, 0.5) is 5.82 Å². The third-order valence-electron chi connectivity index (χ3n) is 2.90. The van der Waals surface area contributed by atoms with E-state index in [1.165, 1.54) is 12.8 Å². The molecule has 0 bridgehead atoms. The molecule has 3 nitrogen and oxygen atoms in total. The van der Waals surface area contributed by atoms with Gasteiger partial charge in [0.2, 0.25) is 0 Å². The van der Waals surface area contributed by atoms with Crippen LogP contribution in [0.2, 0.25) is 0 Å². The summed E-state index contributed by atoms with van der Waals surface area (Å²) in [7, 11) is 0. The van der Waals surface area contributed by atoms with Crippen molar-refractivity contribution >= 4 is 11.6 Å². The third-order valence-corrected chi connectivity index (χ3v) is 2.90. The first-order valence-electron chi connectivity index (χ1n) is 5.96. The number of Topliss-reactive ketones (excluding diaryl/α,β-unsaturated/α-hetero) is 1. The molecule has 86 valence electrons. The van der Waals surface area contributed by atoms with Gasteiger partial charge in [0.25, 0.3) is 0 Å². The summed E-state index contributed by atoms with van der Waals surface area (Å²) in [5.74, 6) is 1.09. The van der Waals surface area contributed by atoms with Gasteiger partial charge < -0.3 is 4.90 Å². The van der Waals surface area contributed by atoms with Gasteiger partial charge in [-0.3, -0.25) is 4.79 Å². The molecule has 1 aromatic rings. The number of carbonyl (C=O) groups is 1. The van der Waals surface area contributed by atoms with Gasteiger partial charge in [-0.05, 0) is 38.3 Å². The van der Waals surface area contributed by atoms with Gasteiger partial charge in [-0.2, -0.15) is 0 Å². The Morgan fingerprint density at radius 1 is 1.50 bits per heavy atom. The molecule has 0 unspecified atom stereocenters. The average molecular weight is 218 g/mol. The van der Waals surface area contributed by atoms with Crippen LogP contribution in [-0.2, 0) is 0 Å². The highest BCUT2D eigenvalue weighted by Crippen LogP contribution is 2.30. The van der Waals surface area contributed by atoms with Crippen LogP contribution >= 0.6 is 0 Å². The number of pyridine rings is 1. The normalized spacial score (nSPS) is 14.9. The molecule has 0 radical (unpaired) electrons. The number of ketones is 1. The molecule has 0 saturated heterocycles. The number of carbonyl (C=O) groups excluding carboxylic acids is 1. The number of anilines is 1. The fraction of sp³-hybridized carbons (Fsp3) is 0.538. The van der Waals surface area contributed by atoms with Crippen LogP contribution < -0.4 is 4.90 Å². The molecule has 2 rings (SSSR count). The minimum Gasteiger partial charge on any atom is -0.354 e. The number of hydrogen-bond donors (Lipinski definition) is 0. The Hall–Kier alpha value is -1.38. The summed E-state index contributed by atoms with van der Waals surface area (Å²) in [4.78, 5) is 17.9. The summed E-state index contributed by atoms with van der Waals surface area (Å²) < 4.78 is 0. The van der Waals surface area contributed by atoms with Crippen LogP contribution in [0.5, 0.6) is 0 Å². The van der Waals surface area contributed by atoms with E-state index in [2.05, 4.69) is 16.8 Å². The fourth-order valence-corrected chi connectivity index (χ4v) is 1.88. The highest BCUT2D eigenvalue weighted by Gasteiger charge is 2.29. The number of aromatic nitrogens is 1. The van der Waals surface area contributed by atoms with E-state index in [4.69, 9.17) is 0 Å². The second-order valence-corrected chi connectivity index (χ2v) is 4.39. The van der Waals surface area contributed by atoms with Crippen molar-refractivity contribution in [3.05, 3.63) is 23.9 Å². The van der Waals surface area contributed by atoms with Crippen LogP contribution in [-0.4, -0.2) is 23.4 Å².